The Hall–Kier alpha value is -0.580. The summed E-state index contributed by atoms with van der Waals surface area (Å²) in [4.78, 5) is 12.4. The Kier molecular flexibility index (Phi) is 5.28. The van der Waals surface area contributed by atoms with Crippen LogP contribution in [-0.2, 0) is 14.6 Å². The smallest absolute Gasteiger partial charge is 0.225 e. The summed E-state index contributed by atoms with van der Waals surface area (Å²) < 4.78 is 22.8. The molecule has 1 saturated heterocycles. The summed E-state index contributed by atoms with van der Waals surface area (Å²) in [6, 6.07) is 0.0138. The molecule has 0 aliphatic carbocycles. The van der Waals surface area contributed by atoms with E-state index in [0.717, 1.165) is 12.8 Å². The third-order valence-electron chi connectivity index (χ3n) is 4.00. The molecule has 0 aromatic carbocycles. The molecule has 0 bridgehead atoms. The van der Waals surface area contributed by atoms with Gasteiger partial charge >= 0.3 is 0 Å². The Morgan fingerprint density at radius 3 is 2.05 bits per heavy atom. The second kappa shape index (κ2) is 6.04. The Balaban J connectivity index is 0.00000400. The zero-order valence-electron chi connectivity index (χ0n) is 13.5. The lowest BCUT2D eigenvalue weighted by molar-refractivity contribution is -0.130. The zero-order chi connectivity index (χ0) is 15.6. The van der Waals surface area contributed by atoms with E-state index in [1.807, 2.05) is 13.8 Å². The van der Waals surface area contributed by atoms with E-state index in [4.69, 9.17) is 0 Å². The molecule has 1 amide bonds. The summed E-state index contributed by atoms with van der Waals surface area (Å²) >= 11 is 0. The molecule has 0 aromatic rings. The maximum absolute atomic E-state index is 12.4. The van der Waals surface area contributed by atoms with Crippen molar-refractivity contribution in [2.45, 2.75) is 66.3 Å². The Morgan fingerprint density at radius 1 is 1.10 bits per heavy atom. The topological polar surface area (TPSA) is 63.2 Å². The molecule has 0 atom stereocenters. The van der Waals surface area contributed by atoms with Gasteiger partial charge in [-0.05, 0) is 31.1 Å². The van der Waals surface area contributed by atoms with Crippen LogP contribution in [0, 0.1) is 10.8 Å². The van der Waals surface area contributed by atoms with Crippen LogP contribution in [0.25, 0.3) is 0 Å². The van der Waals surface area contributed by atoms with Crippen molar-refractivity contribution < 1.29 is 14.6 Å². The van der Waals surface area contributed by atoms with Crippen LogP contribution in [0.5, 0.6) is 0 Å². The fourth-order valence-corrected chi connectivity index (χ4v) is 3.71. The molecular formula is C15H31NO3S. The average molecular weight is 305 g/mol. The van der Waals surface area contributed by atoms with Crippen molar-refractivity contribution in [3.8, 4) is 0 Å². The zero-order valence-corrected chi connectivity index (χ0v) is 14.3. The van der Waals surface area contributed by atoms with Crippen molar-refractivity contribution in [1.29, 1.82) is 0 Å². The van der Waals surface area contributed by atoms with E-state index in [1.54, 1.807) is 0 Å². The van der Waals surface area contributed by atoms with Gasteiger partial charge in [0.25, 0.3) is 0 Å². The third kappa shape index (κ3) is 5.81. The van der Waals surface area contributed by atoms with Gasteiger partial charge in [-0.15, -0.1) is 0 Å². The van der Waals surface area contributed by atoms with Gasteiger partial charge in [0, 0.05) is 12.9 Å². The lowest BCUT2D eigenvalue weighted by Gasteiger charge is -2.31. The van der Waals surface area contributed by atoms with Gasteiger partial charge in [-0.3, -0.25) is 4.79 Å². The molecule has 1 N–H and O–H groups in total. The lowest BCUT2D eigenvalue weighted by atomic mass is 9.79. The van der Waals surface area contributed by atoms with Crippen molar-refractivity contribution in [3.63, 3.8) is 0 Å². The highest BCUT2D eigenvalue weighted by Crippen LogP contribution is 2.30. The van der Waals surface area contributed by atoms with Crippen LogP contribution in [0.2, 0.25) is 0 Å². The van der Waals surface area contributed by atoms with E-state index in [0.29, 0.717) is 12.8 Å². The van der Waals surface area contributed by atoms with Gasteiger partial charge in [0.2, 0.25) is 5.91 Å². The molecule has 0 saturated carbocycles. The first-order valence-corrected chi connectivity index (χ1v) is 9.25. The first-order valence-electron chi connectivity index (χ1n) is 7.43. The number of rotatable bonds is 4. The monoisotopic (exact) mass is 305 g/mol. The molecule has 1 aliphatic rings. The molecule has 1 heterocycles. The van der Waals surface area contributed by atoms with Crippen LogP contribution in [-0.4, -0.2) is 31.9 Å². The molecular weight excluding hydrogens is 274 g/mol. The highest BCUT2D eigenvalue weighted by molar-refractivity contribution is 7.91. The molecule has 1 fully saturated rings. The number of sulfone groups is 1. The minimum atomic E-state index is -2.87. The van der Waals surface area contributed by atoms with E-state index < -0.39 is 15.3 Å². The van der Waals surface area contributed by atoms with Gasteiger partial charge in [-0.25, -0.2) is 8.42 Å². The quantitative estimate of drug-likeness (QED) is 0.868. The molecule has 0 radical (unpaired) electrons. The maximum atomic E-state index is 12.4. The first kappa shape index (κ1) is 17.5. The SMILES string of the molecule is CC(C)(C)CCC(C)(C)C(=O)NC1CCS(=O)(=O)CC1.[HH]. The van der Waals surface area contributed by atoms with Crippen molar-refractivity contribution >= 4 is 15.7 Å². The molecule has 4 nitrogen and oxygen atoms in total. The second-order valence-corrected chi connectivity index (χ2v) is 10.1. The predicted octanol–water partition coefficient (Wildman–Crippen LogP) is 2.78. The number of carbonyl (C=O) groups is 1. The summed E-state index contributed by atoms with van der Waals surface area (Å²) in [5.74, 6) is 0.437. The molecule has 1 aliphatic heterocycles. The van der Waals surface area contributed by atoms with Crippen LogP contribution >= 0.6 is 0 Å². The molecule has 120 valence electrons. The summed E-state index contributed by atoms with van der Waals surface area (Å²) in [5, 5.41) is 3.03. The molecule has 0 spiro atoms. The van der Waals surface area contributed by atoms with Gasteiger partial charge in [0.15, 0.2) is 0 Å². The van der Waals surface area contributed by atoms with E-state index >= 15 is 0 Å². The second-order valence-electron chi connectivity index (χ2n) is 7.84. The van der Waals surface area contributed by atoms with Crippen LogP contribution in [0.3, 0.4) is 0 Å². The normalized spacial score (nSPS) is 20.6. The standard InChI is InChI=1S/C15H29NO3S.H2/c1-14(2,3)8-9-15(4,5)13(17)16-12-6-10-20(18,19)11-7-12;/h12H,6-11H2,1-5H3,(H,16,17);1H. The molecule has 0 aromatic heterocycles. The van der Waals surface area contributed by atoms with Crippen LogP contribution in [0.4, 0.5) is 0 Å². The largest absolute Gasteiger partial charge is 0.353 e. The lowest BCUT2D eigenvalue weighted by Crippen LogP contribution is -2.46. The average Bonchev–Trinajstić information content (AvgIpc) is 2.28. The Labute approximate surface area is 125 Å². The van der Waals surface area contributed by atoms with Gasteiger partial charge in [-0.2, -0.15) is 0 Å². The van der Waals surface area contributed by atoms with Crippen molar-refractivity contribution in [1.82, 2.24) is 5.32 Å². The minimum absolute atomic E-state index is 0. The van der Waals surface area contributed by atoms with Gasteiger partial charge in [0.05, 0.1) is 11.5 Å². The van der Waals surface area contributed by atoms with Gasteiger partial charge in [-0.1, -0.05) is 34.6 Å². The van der Waals surface area contributed by atoms with Gasteiger partial charge < -0.3 is 5.32 Å². The fraction of sp³-hybridized carbons (Fsp3) is 0.933. The number of carbonyl (C=O) groups excluding carboxylic acids is 1. The third-order valence-corrected chi connectivity index (χ3v) is 5.72. The van der Waals surface area contributed by atoms with Gasteiger partial charge in [0.1, 0.15) is 9.84 Å². The predicted molar refractivity (Wildman–Crippen MR) is 84.4 cm³/mol. The summed E-state index contributed by atoms with van der Waals surface area (Å²) in [6.07, 6.45) is 2.92. The summed E-state index contributed by atoms with van der Waals surface area (Å²) in [5.41, 5.74) is -0.180. The first-order chi connectivity index (χ1) is 8.91. The van der Waals surface area contributed by atoms with Crippen LogP contribution in [0.15, 0.2) is 0 Å². The van der Waals surface area contributed by atoms with Crippen molar-refractivity contribution in [2.24, 2.45) is 10.8 Å². The Morgan fingerprint density at radius 2 is 1.60 bits per heavy atom. The van der Waals surface area contributed by atoms with Crippen LogP contribution in [0.1, 0.15) is 61.7 Å². The van der Waals surface area contributed by atoms with Crippen molar-refractivity contribution in [3.05, 3.63) is 0 Å². The number of nitrogens with one attached hydrogen (secondary N) is 1. The van der Waals surface area contributed by atoms with Crippen LogP contribution < -0.4 is 5.32 Å². The highest BCUT2D eigenvalue weighted by atomic mass is 32.2. The number of hydrogen-bond donors (Lipinski definition) is 1. The summed E-state index contributed by atoms with van der Waals surface area (Å²) in [7, 11) is -2.87. The van der Waals surface area contributed by atoms with Crippen molar-refractivity contribution in [2.75, 3.05) is 11.5 Å². The maximum Gasteiger partial charge on any atom is 0.225 e. The van der Waals surface area contributed by atoms with E-state index in [1.165, 1.54) is 0 Å². The number of hydrogen-bond acceptors (Lipinski definition) is 3. The van der Waals surface area contributed by atoms with E-state index in [-0.39, 0.29) is 30.3 Å². The van der Waals surface area contributed by atoms with E-state index in [2.05, 4.69) is 26.1 Å². The van der Waals surface area contributed by atoms with E-state index in [9.17, 15) is 13.2 Å². The molecule has 5 heteroatoms. The fourth-order valence-electron chi connectivity index (χ4n) is 2.22. The minimum Gasteiger partial charge on any atom is -0.353 e. The molecule has 0 unspecified atom stereocenters. The summed E-state index contributed by atoms with van der Waals surface area (Å²) in [6.45, 7) is 10.5. The number of amides is 1. The highest BCUT2D eigenvalue weighted by Gasteiger charge is 2.32. The Bertz CT molecular complexity index is 438. The molecule has 1 rings (SSSR count). The molecule has 20 heavy (non-hydrogen) atoms.